The molecule has 8 nitrogen and oxygen atoms in total. The molecule has 0 unspecified atom stereocenters. The van der Waals surface area contributed by atoms with Crippen molar-refractivity contribution in [2.24, 2.45) is 0 Å². The van der Waals surface area contributed by atoms with Gasteiger partial charge in [-0.2, -0.15) is 0 Å². The first-order valence-corrected chi connectivity index (χ1v) is 6.16. The first kappa shape index (κ1) is 14.3. The fourth-order valence-corrected chi connectivity index (χ4v) is 1.83. The molecule has 1 atom stereocenters. The third-order valence-corrected chi connectivity index (χ3v) is 2.53. The van der Waals surface area contributed by atoms with Crippen LogP contribution in [0.2, 0.25) is 0 Å². The molecule has 1 aliphatic rings. The van der Waals surface area contributed by atoms with E-state index in [9.17, 15) is 4.79 Å². The maximum absolute atomic E-state index is 12.2. The fourth-order valence-electron chi connectivity index (χ4n) is 1.83. The lowest BCUT2D eigenvalue weighted by atomic mass is 10.2. The van der Waals surface area contributed by atoms with Crippen LogP contribution in [-0.4, -0.2) is 40.4 Å². The highest BCUT2D eigenvalue weighted by molar-refractivity contribution is 5.70. The lowest BCUT2D eigenvalue weighted by Crippen LogP contribution is -2.37. The number of nitrogens with zero attached hydrogens (tertiary/aromatic N) is 3. The zero-order chi connectivity index (χ0) is 14.8. The number of carbonyl (C=O) groups is 1. The van der Waals surface area contributed by atoms with E-state index < -0.39 is 17.7 Å². The zero-order valence-corrected chi connectivity index (χ0v) is 11.9. The predicted octanol–water partition coefficient (Wildman–Crippen LogP) is 1.40. The van der Waals surface area contributed by atoms with E-state index in [2.05, 4.69) is 15.7 Å². The second-order valence-corrected chi connectivity index (χ2v) is 5.33. The van der Waals surface area contributed by atoms with Crippen LogP contribution in [0.1, 0.15) is 32.7 Å². The van der Waals surface area contributed by atoms with Crippen LogP contribution >= 0.6 is 0 Å². The first-order valence-electron chi connectivity index (χ1n) is 6.16. The molecule has 0 radical (unpaired) electrons. The Morgan fingerprint density at radius 1 is 1.55 bits per heavy atom. The summed E-state index contributed by atoms with van der Waals surface area (Å²) in [5.74, 6) is 0.323. The highest BCUT2D eigenvalue weighted by atomic mass is 16.6. The molecule has 0 fully saturated rings. The molecule has 110 valence electrons. The second-order valence-electron chi connectivity index (χ2n) is 5.33. The van der Waals surface area contributed by atoms with Crippen molar-refractivity contribution in [2.45, 2.75) is 32.4 Å². The van der Waals surface area contributed by atoms with Crippen molar-refractivity contribution in [3.8, 4) is 0 Å². The molecule has 0 aliphatic carbocycles. The minimum atomic E-state index is -0.575. The van der Waals surface area contributed by atoms with Crippen LogP contribution in [0.3, 0.4) is 0 Å². The summed E-state index contributed by atoms with van der Waals surface area (Å²) < 4.78 is 10.5. The number of rotatable bonds is 3. The van der Waals surface area contributed by atoms with Crippen molar-refractivity contribution in [1.82, 2.24) is 20.6 Å². The van der Waals surface area contributed by atoms with Crippen molar-refractivity contribution in [2.75, 3.05) is 13.7 Å². The molecule has 8 heteroatoms. The number of hydrogen-bond donors (Lipinski definition) is 1. The van der Waals surface area contributed by atoms with Gasteiger partial charge in [0.05, 0.1) is 19.4 Å². The minimum absolute atomic E-state index is 0.315. The summed E-state index contributed by atoms with van der Waals surface area (Å²) >= 11 is 0. The number of nitrogens with one attached hydrogen (secondary N) is 1. The van der Waals surface area contributed by atoms with Crippen LogP contribution in [-0.2, 0) is 9.57 Å². The highest BCUT2D eigenvalue weighted by Crippen LogP contribution is 2.29. The van der Waals surface area contributed by atoms with Gasteiger partial charge in [-0.3, -0.25) is 15.2 Å². The number of hydrogen-bond acceptors (Lipinski definition) is 7. The molecule has 2 heterocycles. The summed E-state index contributed by atoms with van der Waals surface area (Å²) in [7, 11) is 1.50. The maximum Gasteiger partial charge on any atom is 0.411 e. The Balaban J connectivity index is 2.17. The van der Waals surface area contributed by atoms with Crippen molar-refractivity contribution >= 4 is 6.09 Å². The van der Waals surface area contributed by atoms with Crippen LogP contribution in [0.15, 0.2) is 22.6 Å². The van der Waals surface area contributed by atoms with Crippen LogP contribution in [0.4, 0.5) is 4.79 Å². The number of amides is 1. The van der Waals surface area contributed by atoms with E-state index in [1.165, 1.54) is 18.4 Å². The highest BCUT2D eigenvalue weighted by Gasteiger charge is 2.36. The molecule has 1 aliphatic heterocycles. The molecule has 0 bridgehead atoms. The van der Waals surface area contributed by atoms with Gasteiger partial charge in [0.25, 0.3) is 0 Å². The predicted molar refractivity (Wildman–Crippen MR) is 68.2 cm³/mol. The quantitative estimate of drug-likeness (QED) is 0.838. The average Bonchev–Trinajstić information content (AvgIpc) is 2.93. The van der Waals surface area contributed by atoms with Crippen molar-refractivity contribution in [3.05, 3.63) is 24.1 Å². The largest absolute Gasteiger partial charge is 0.444 e. The molecule has 1 aromatic rings. The van der Waals surface area contributed by atoms with Gasteiger partial charge in [-0.15, -0.1) is 10.2 Å². The van der Waals surface area contributed by atoms with E-state index in [4.69, 9.17) is 14.0 Å². The van der Waals surface area contributed by atoms with Gasteiger partial charge in [0, 0.05) is 0 Å². The summed E-state index contributed by atoms with van der Waals surface area (Å²) in [5.41, 5.74) is 2.85. The van der Waals surface area contributed by atoms with Gasteiger partial charge in [-0.25, -0.2) is 4.79 Å². The van der Waals surface area contributed by atoms with E-state index >= 15 is 0 Å². The summed E-state index contributed by atoms with van der Waals surface area (Å²) in [6.45, 7) is 5.75. The Kier molecular flexibility index (Phi) is 3.93. The molecule has 0 saturated heterocycles. The van der Waals surface area contributed by atoms with Crippen LogP contribution < -0.4 is 5.48 Å². The van der Waals surface area contributed by atoms with E-state index in [1.54, 1.807) is 6.08 Å². The van der Waals surface area contributed by atoms with Gasteiger partial charge < -0.3 is 9.15 Å². The Labute approximate surface area is 116 Å². The lowest BCUT2D eigenvalue weighted by molar-refractivity contribution is 0.0208. The maximum atomic E-state index is 12.2. The lowest BCUT2D eigenvalue weighted by Gasteiger charge is -2.27. The molecule has 1 N–H and O–H groups in total. The topological polar surface area (TPSA) is 89.7 Å². The van der Waals surface area contributed by atoms with E-state index in [0.717, 1.165) is 5.70 Å². The van der Waals surface area contributed by atoms with Gasteiger partial charge in [-0.05, 0) is 26.8 Å². The zero-order valence-electron chi connectivity index (χ0n) is 11.9. The second kappa shape index (κ2) is 5.49. The van der Waals surface area contributed by atoms with Crippen molar-refractivity contribution in [3.63, 3.8) is 0 Å². The van der Waals surface area contributed by atoms with Crippen LogP contribution in [0, 0.1) is 0 Å². The Morgan fingerprint density at radius 3 is 2.85 bits per heavy atom. The molecule has 2 rings (SSSR count). The van der Waals surface area contributed by atoms with Crippen LogP contribution in [0.5, 0.6) is 0 Å². The van der Waals surface area contributed by atoms with Gasteiger partial charge in [0.1, 0.15) is 11.6 Å². The fraction of sp³-hybridized carbons (Fsp3) is 0.583. The number of aromatic nitrogens is 2. The average molecular weight is 282 g/mol. The Morgan fingerprint density at radius 2 is 2.30 bits per heavy atom. The molecule has 20 heavy (non-hydrogen) atoms. The number of ether oxygens (including phenoxy) is 1. The summed E-state index contributed by atoms with van der Waals surface area (Å²) in [6, 6.07) is -0.468. The normalized spacial score (nSPS) is 18.9. The molecular weight excluding hydrogens is 264 g/mol. The number of carbonyl (C=O) groups excluding carboxylic acids is 1. The Bertz CT molecular complexity index is 492. The molecule has 0 spiro atoms. The molecular formula is C12H18N4O4. The monoisotopic (exact) mass is 282 g/mol. The van der Waals surface area contributed by atoms with Gasteiger partial charge in [-0.1, -0.05) is 0 Å². The summed E-state index contributed by atoms with van der Waals surface area (Å²) in [4.78, 5) is 18.6. The summed E-state index contributed by atoms with van der Waals surface area (Å²) in [6.07, 6.45) is 2.55. The van der Waals surface area contributed by atoms with E-state index in [1.807, 2.05) is 20.8 Å². The minimum Gasteiger partial charge on any atom is -0.444 e. The van der Waals surface area contributed by atoms with Crippen molar-refractivity contribution < 1.29 is 18.8 Å². The molecule has 0 aromatic carbocycles. The number of hydroxylamine groups is 1. The Hall–Kier alpha value is -2.09. The molecule has 0 saturated carbocycles. The first-order chi connectivity index (χ1) is 9.40. The summed E-state index contributed by atoms with van der Waals surface area (Å²) in [5, 5.41) is 7.47. The molecule has 1 amide bonds. The van der Waals surface area contributed by atoms with E-state index in [-0.39, 0.29) is 0 Å². The third kappa shape index (κ3) is 3.27. The van der Waals surface area contributed by atoms with Gasteiger partial charge >= 0.3 is 6.09 Å². The van der Waals surface area contributed by atoms with Crippen LogP contribution in [0.25, 0.3) is 0 Å². The standard InChI is InChI=1S/C12H18N4O4/c1-12(2,3)20-11(17)16-6-8(15-18-4)5-9(16)10-14-13-7-19-10/h5,7,9,15H,6H2,1-4H3/t9-/m0/s1. The van der Waals surface area contributed by atoms with Gasteiger partial charge in [0.2, 0.25) is 12.3 Å². The SMILES string of the molecule is CONC1=C[C@@H](c2nnco2)N(C(=O)OC(C)(C)C)C1. The molecule has 1 aromatic heterocycles. The van der Waals surface area contributed by atoms with Gasteiger partial charge in [0.15, 0.2) is 0 Å². The van der Waals surface area contributed by atoms with Crippen molar-refractivity contribution in [1.29, 1.82) is 0 Å². The van der Waals surface area contributed by atoms with E-state index in [0.29, 0.717) is 12.4 Å². The third-order valence-electron chi connectivity index (χ3n) is 2.53. The smallest absolute Gasteiger partial charge is 0.411 e.